The summed E-state index contributed by atoms with van der Waals surface area (Å²) in [6.45, 7) is 1.86. The molecule has 3 aromatic rings. The summed E-state index contributed by atoms with van der Waals surface area (Å²) in [6, 6.07) is 16.7. The second-order valence-corrected chi connectivity index (χ2v) is 10.9. The fourth-order valence-electron chi connectivity index (χ4n) is 2.82. The molecule has 168 valence electrons. The Balaban J connectivity index is 1.72. The van der Waals surface area contributed by atoms with Gasteiger partial charge in [0.2, 0.25) is 10.0 Å². The molecule has 3 rings (SSSR count). The summed E-state index contributed by atoms with van der Waals surface area (Å²) < 4.78 is 52.6. The van der Waals surface area contributed by atoms with E-state index in [0.717, 1.165) is 11.8 Å². The molecule has 1 amide bonds. The SMILES string of the molecule is Cc1cccc(NS(=O)(=O)c2ccc(NC(=O)c3ccc(NS(C)(=O)=O)cc3Cl)cc2)c1. The lowest BCUT2D eigenvalue weighted by molar-refractivity contribution is 0.102. The van der Waals surface area contributed by atoms with Crippen molar-refractivity contribution in [3.8, 4) is 0 Å². The highest BCUT2D eigenvalue weighted by atomic mass is 35.5. The van der Waals surface area contributed by atoms with E-state index < -0.39 is 26.0 Å². The fraction of sp³-hybridized carbons (Fsp3) is 0.0952. The van der Waals surface area contributed by atoms with Crippen LogP contribution in [-0.4, -0.2) is 29.0 Å². The monoisotopic (exact) mass is 493 g/mol. The molecular weight excluding hydrogens is 474 g/mol. The highest BCUT2D eigenvalue weighted by Crippen LogP contribution is 2.24. The standard InChI is InChI=1S/C21H20ClN3O5S2/c1-14-4-3-5-16(12-14)25-32(29,30)18-9-6-15(7-10-18)23-21(26)19-11-8-17(13-20(19)22)24-31(2,27)28/h3-13,24-25H,1-2H3,(H,23,26). The van der Waals surface area contributed by atoms with Crippen molar-refractivity contribution in [2.75, 3.05) is 21.0 Å². The van der Waals surface area contributed by atoms with Crippen molar-refractivity contribution in [3.63, 3.8) is 0 Å². The molecule has 3 aromatic carbocycles. The molecule has 0 aromatic heterocycles. The molecule has 0 saturated heterocycles. The van der Waals surface area contributed by atoms with Gasteiger partial charge in [0.05, 0.1) is 21.7 Å². The Morgan fingerprint density at radius 1 is 0.812 bits per heavy atom. The van der Waals surface area contributed by atoms with Crippen molar-refractivity contribution in [3.05, 3.63) is 82.9 Å². The van der Waals surface area contributed by atoms with Gasteiger partial charge in [-0.1, -0.05) is 23.7 Å². The molecule has 32 heavy (non-hydrogen) atoms. The van der Waals surface area contributed by atoms with Crippen LogP contribution >= 0.6 is 11.6 Å². The van der Waals surface area contributed by atoms with Crippen LogP contribution in [0, 0.1) is 6.92 Å². The van der Waals surface area contributed by atoms with Crippen LogP contribution in [0.3, 0.4) is 0 Å². The average Bonchev–Trinajstić information content (AvgIpc) is 2.66. The highest BCUT2D eigenvalue weighted by Gasteiger charge is 2.16. The molecule has 0 radical (unpaired) electrons. The van der Waals surface area contributed by atoms with Gasteiger partial charge in [-0.25, -0.2) is 16.8 Å². The third kappa shape index (κ3) is 6.22. The minimum atomic E-state index is -3.79. The summed E-state index contributed by atoms with van der Waals surface area (Å²) in [4.78, 5) is 12.6. The summed E-state index contributed by atoms with van der Waals surface area (Å²) in [5, 5.41) is 2.68. The van der Waals surface area contributed by atoms with Gasteiger partial charge in [0.15, 0.2) is 0 Å². The fourth-order valence-corrected chi connectivity index (χ4v) is 4.69. The van der Waals surface area contributed by atoms with Crippen LogP contribution in [0.1, 0.15) is 15.9 Å². The molecule has 0 saturated carbocycles. The number of carbonyl (C=O) groups is 1. The van der Waals surface area contributed by atoms with Gasteiger partial charge in [0, 0.05) is 17.1 Å². The normalized spacial score (nSPS) is 11.6. The van der Waals surface area contributed by atoms with E-state index in [1.54, 1.807) is 18.2 Å². The Morgan fingerprint density at radius 3 is 2.03 bits per heavy atom. The van der Waals surface area contributed by atoms with Crippen molar-refractivity contribution in [2.24, 2.45) is 0 Å². The lowest BCUT2D eigenvalue weighted by Crippen LogP contribution is -2.15. The number of carbonyl (C=O) groups excluding carboxylic acids is 1. The van der Waals surface area contributed by atoms with E-state index in [9.17, 15) is 21.6 Å². The average molecular weight is 494 g/mol. The van der Waals surface area contributed by atoms with Crippen molar-refractivity contribution in [1.82, 2.24) is 0 Å². The van der Waals surface area contributed by atoms with E-state index in [-0.39, 0.29) is 21.2 Å². The Bertz CT molecular complexity index is 1370. The highest BCUT2D eigenvalue weighted by molar-refractivity contribution is 7.92. The van der Waals surface area contributed by atoms with Crippen molar-refractivity contribution in [2.45, 2.75) is 11.8 Å². The van der Waals surface area contributed by atoms with Crippen molar-refractivity contribution < 1.29 is 21.6 Å². The summed E-state index contributed by atoms with van der Waals surface area (Å²) in [7, 11) is -7.27. The lowest BCUT2D eigenvalue weighted by atomic mass is 10.2. The molecule has 0 heterocycles. The molecule has 0 bridgehead atoms. The van der Waals surface area contributed by atoms with Crippen LogP contribution in [-0.2, 0) is 20.0 Å². The number of nitrogens with one attached hydrogen (secondary N) is 3. The zero-order valence-electron chi connectivity index (χ0n) is 17.1. The molecule has 0 unspecified atom stereocenters. The largest absolute Gasteiger partial charge is 0.322 e. The van der Waals surface area contributed by atoms with Gasteiger partial charge in [-0.2, -0.15) is 0 Å². The smallest absolute Gasteiger partial charge is 0.261 e. The van der Waals surface area contributed by atoms with Gasteiger partial charge in [0.25, 0.3) is 15.9 Å². The number of rotatable bonds is 7. The number of benzene rings is 3. The number of anilines is 3. The molecule has 8 nitrogen and oxygen atoms in total. The van der Waals surface area contributed by atoms with E-state index in [1.165, 1.54) is 42.5 Å². The molecular formula is C21H20ClN3O5S2. The first-order chi connectivity index (χ1) is 14.9. The van der Waals surface area contributed by atoms with Crippen molar-refractivity contribution in [1.29, 1.82) is 0 Å². The predicted molar refractivity (Wildman–Crippen MR) is 126 cm³/mol. The number of aryl methyl sites for hydroxylation is 1. The second kappa shape index (κ2) is 9.19. The van der Waals surface area contributed by atoms with E-state index in [2.05, 4.69) is 14.8 Å². The molecule has 0 aliphatic heterocycles. The molecule has 0 atom stereocenters. The van der Waals surface area contributed by atoms with Gasteiger partial charge in [-0.05, 0) is 67.1 Å². The summed E-state index contributed by atoms with van der Waals surface area (Å²) >= 11 is 6.11. The van der Waals surface area contributed by atoms with E-state index in [4.69, 9.17) is 11.6 Å². The molecule has 0 fully saturated rings. The summed E-state index contributed by atoms with van der Waals surface area (Å²) in [5.74, 6) is -0.533. The van der Waals surface area contributed by atoms with Gasteiger partial charge in [0.1, 0.15) is 0 Å². The molecule has 11 heteroatoms. The lowest BCUT2D eigenvalue weighted by Gasteiger charge is -2.11. The minimum Gasteiger partial charge on any atom is -0.322 e. The maximum absolute atomic E-state index is 12.6. The van der Waals surface area contributed by atoms with E-state index >= 15 is 0 Å². The van der Waals surface area contributed by atoms with Crippen molar-refractivity contribution >= 4 is 54.6 Å². The second-order valence-electron chi connectivity index (χ2n) is 7.02. The third-order valence-electron chi connectivity index (χ3n) is 4.21. The van der Waals surface area contributed by atoms with Crippen LogP contribution in [0.25, 0.3) is 0 Å². The Labute approximate surface area is 191 Å². The first kappa shape index (κ1) is 23.6. The van der Waals surface area contributed by atoms with Gasteiger partial charge in [-0.15, -0.1) is 0 Å². The zero-order valence-corrected chi connectivity index (χ0v) is 19.5. The van der Waals surface area contributed by atoms with Crippen LogP contribution < -0.4 is 14.8 Å². The first-order valence-electron chi connectivity index (χ1n) is 9.21. The molecule has 0 aliphatic rings. The first-order valence-corrected chi connectivity index (χ1v) is 13.0. The van der Waals surface area contributed by atoms with E-state index in [1.807, 2.05) is 13.0 Å². The number of halogens is 1. The predicted octanol–water partition coefficient (Wildman–Crippen LogP) is 4.07. The Kier molecular flexibility index (Phi) is 6.77. The van der Waals surface area contributed by atoms with Gasteiger partial charge >= 0.3 is 0 Å². The number of hydrogen-bond acceptors (Lipinski definition) is 5. The summed E-state index contributed by atoms with van der Waals surface area (Å²) in [6.07, 6.45) is 1.00. The molecule has 3 N–H and O–H groups in total. The third-order valence-corrected chi connectivity index (χ3v) is 6.53. The maximum atomic E-state index is 12.6. The molecule has 0 spiro atoms. The van der Waals surface area contributed by atoms with Crippen LogP contribution in [0.4, 0.5) is 17.1 Å². The van der Waals surface area contributed by atoms with Gasteiger partial charge in [-0.3, -0.25) is 14.2 Å². The topological polar surface area (TPSA) is 121 Å². The number of amides is 1. The maximum Gasteiger partial charge on any atom is 0.261 e. The zero-order chi connectivity index (χ0) is 23.5. The number of hydrogen-bond donors (Lipinski definition) is 3. The Morgan fingerprint density at radius 2 is 1.44 bits per heavy atom. The van der Waals surface area contributed by atoms with Crippen LogP contribution in [0.15, 0.2) is 71.6 Å². The van der Waals surface area contributed by atoms with Crippen LogP contribution in [0.2, 0.25) is 5.02 Å². The van der Waals surface area contributed by atoms with Crippen LogP contribution in [0.5, 0.6) is 0 Å². The summed E-state index contributed by atoms with van der Waals surface area (Å²) in [5.41, 5.74) is 2.08. The van der Waals surface area contributed by atoms with Gasteiger partial charge < -0.3 is 5.32 Å². The quantitative estimate of drug-likeness (QED) is 0.458. The minimum absolute atomic E-state index is 0.0336. The molecule has 0 aliphatic carbocycles. The number of sulfonamides is 2. The Hall–Kier alpha value is -3.08. The van der Waals surface area contributed by atoms with E-state index in [0.29, 0.717) is 11.4 Å².